The van der Waals surface area contributed by atoms with Gasteiger partial charge in [0, 0.05) is 22.6 Å². The lowest BCUT2D eigenvalue weighted by atomic mass is 10.0. The quantitative estimate of drug-likeness (QED) is 0.820. The second-order valence-corrected chi connectivity index (χ2v) is 6.46. The highest BCUT2D eigenvalue weighted by Gasteiger charge is 2.15. The molecule has 112 valence electrons. The average molecular weight is 322 g/mol. The van der Waals surface area contributed by atoms with Crippen LogP contribution in [-0.4, -0.2) is 23.0 Å². The highest BCUT2D eigenvalue weighted by atomic mass is 35.5. The molecule has 0 fully saturated rings. The molecule has 2 rings (SSSR count). The van der Waals surface area contributed by atoms with Gasteiger partial charge in [0.15, 0.2) is 0 Å². The molecule has 0 aliphatic rings. The fourth-order valence-corrected chi connectivity index (χ4v) is 3.41. The van der Waals surface area contributed by atoms with Crippen molar-refractivity contribution in [2.45, 2.75) is 24.3 Å². The Morgan fingerprint density at radius 2 is 1.71 bits per heavy atom. The second kappa shape index (κ2) is 8.44. The molecule has 4 heteroatoms. The summed E-state index contributed by atoms with van der Waals surface area (Å²) >= 11 is 7.76. The third-order valence-corrected chi connectivity index (χ3v) is 4.77. The lowest BCUT2D eigenvalue weighted by Crippen LogP contribution is -2.38. The molecule has 0 saturated heterocycles. The van der Waals surface area contributed by atoms with Crippen molar-refractivity contribution in [3.8, 4) is 0 Å². The van der Waals surface area contributed by atoms with Gasteiger partial charge < -0.3 is 10.8 Å². The molecule has 0 aliphatic heterocycles. The predicted molar refractivity (Wildman–Crippen MR) is 91.7 cm³/mol. The molecule has 0 aromatic heterocycles. The molecule has 0 radical (unpaired) electrons. The number of rotatable bonds is 7. The van der Waals surface area contributed by atoms with E-state index in [1.165, 1.54) is 0 Å². The second-order valence-electron chi connectivity index (χ2n) is 5.03. The van der Waals surface area contributed by atoms with Crippen LogP contribution >= 0.6 is 23.4 Å². The highest BCUT2D eigenvalue weighted by molar-refractivity contribution is 7.98. The molecule has 2 atom stereocenters. The zero-order valence-corrected chi connectivity index (χ0v) is 13.4. The molecule has 2 aromatic carbocycles. The van der Waals surface area contributed by atoms with E-state index in [0.29, 0.717) is 12.2 Å². The Hall–Kier alpha value is -1.00. The number of hydrogen-bond donors (Lipinski definition) is 2. The SMILES string of the molecule is NC(Cc1ccccc1)C(O)CSCc1ccccc1Cl. The fourth-order valence-electron chi connectivity index (χ4n) is 2.05. The number of thioether (sulfide) groups is 1. The van der Waals surface area contributed by atoms with Crippen LogP contribution in [0, 0.1) is 0 Å². The standard InChI is InChI=1S/C17H20ClNOS/c18-15-9-5-4-8-14(15)11-21-12-17(20)16(19)10-13-6-2-1-3-7-13/h1-9,16-17,20H,10-12,19H2. The van der Waals surface area contributed by atoms with Gasteiger partial charge in [0.1, 0.15) is 0 Å². The predicted octanol–water partition coefficient (Wildman–Crippen LogP) is 3.50. The van der Waals surface area contributed by atoms with Crippen molar-refractivity contribution >= 4 is 23.4 Å². The Morgan fingerprint density at radius 1 is 1.05 bits per heavy atom. The molecule has 0 amide bonds. The normalized spacial score (nSPS) is 13.9. The third-order valence-electron chi connectivity index (χ3n) is 3.31. The molecule has 0 spiro atoms. The van der Waals surface area contributed by atoms with Crippen molar-refractivity contribution < 1.29 is 5.11 Å². The minimum atomic E-state index is -0.516. The first-order valence-corrected chi connectivity index (χ1v) is 8.49. The van der Waals surface area contributed by atoms with E-state index >= 15 is 0 Å². The molecule has 2 unspecified atom stereocenters. The van der Waals surface area contributed by atoms with E-state index in [1.54, 1.807) is 11.8 Å². The van der Waals surface area contributed by atoms with E-state index in [2.05, 4.69) is 0 Å². The maximum absolute atomic E-state index is 10.1. The molecule has 0 saturated carbocycles. The number of aliphatic hydroxyl groups excluding tert-OH is 1. The Kier molecular flexibility index (Phi) is 6.58. The van der Waals surface area contributed by atoms with Crippen molar-refractivity contribution in [1.29, 1.82) is 0 Å². The lowest BCUT2D eigenvalue weighted by Gasteiger charge is -2.18. The van der Waals surface area contributed by atoms with Gasteiger partial charge in [0.2, 0.25) is 0 Å². The number of aliphatic hydroxyl groups is 1. The largest absolute Gasteiger partial charge is 0.391 e. The summed E-state index contributed by atoms with van der Waals surface area (Å²) in [5.74, 6) is 1.40. The van der Waals surface area contributed by atoms with Gasteiger partial charge in [0.05, 0.1) is 6.10 Å². The minimum Gasteiger partial charge on any atom is -0.391 e. The first-order valence-electron chi connectivity index (χ1n) is 6.95. The van der Waals surface area contributed by atoms with Crippen LogP contribution in [-0.2, 0) is 12.2 Å². The van der Waals surface area contributed by atoms with Gasteiger partial charge in [-0.15, -0.1) is 0 Å². The van der Waals surface area contributed by atoms with Crippen molar-refractivity contribution in [2.24, 2.45) is 5.73 Å². The Morgan fingerprint density at radius 3 is 2.43 bits per heavy atom. The van der Waals surface area contributed by atoms with Crippen LogP contribution in [0.15, 0.2) is 54.6 Å². The van der Waals surface area contributed by atoms with Crippen LogP contribution in [0.3, 0.4) is 0 Å². The van der Waals surface area contributed by atoms with Gasteiger partial charge >= 0.3 is 0 Å². The maximum atomic E-state index is 10.1. The van der Waals surface area contributed by atoms with E-state index < -0.39 is 6.10 Å². The molecule has 2 aromatic rings. The van der Waals surface area contributed by atoms with E-state index in [-0.39, 0.29) is 6.04 Å². The van der Waals surface area contributed by atoms with Gasteiger partial charge in [-0.3, -0.25) is 0 Å². The summed E-state index contributed by atoms with van der Waals surface area (Å²) in [6.45, 7) is 0. The van der Waals surface area contributed by atoms with Gasteiger partial charge in [-0.05, 0) is 23.6 Å². The van der Waals surface area contributed by atoms with Crippen LogP contribution in [0.2, 0.25) is 5.02 Å². The maximum Gasteiger partial charge on any atom is 0.0784 e. The highest BCUT2D eigenvalue weighted by Crippen LogP contribution is 2.21. The summed E-state index contributed by atoms with van der Waals surface area (Å²) in [6.07, 6.45) is 0.173. The molecular formula is C17H20ClNOS. The third kappa shape index (κ3) is 5.36. The van der Waals surface area contributed by atoms with E-state index in [9.17, 15) is 5.11 Å². The van der Waals surface area contributed by atoms with Crippen LogP contribution in [0.5, 0.6) is 0 Å². The van der Waals surface area contributed by atoms with E-state index in [0.717, 1.165) is 21.9 Å². The summed E-state index contributed by atoms with van der Waals surface area (Å²) in [5, 5.41) is 10.9. The topological polar surface area (TPSA) is 46.2 Å². The van der Waals surface area contributed by atoms with Crippen LogP contribution in [0.25, 0.3) is 0 Å². The van der Waals surface area contributed by atoms with Gasteiger partial charge in [0.25, 0.3) is 0 Å². The summed E-state index contributed by atoms with van der Waals surface area (Å²) in [6, 6.07) is 17.5. The van der Waals surface area contributed by atoms with Gasteiger partial charge in [-0.25, -0.2) is 0 Å². The number of halogens is 1. The smallest absolute Gasteiger partial charge is 0.0784 e. The average Bonchev–Trinajstić information content (AvgIpc) is 2.50. The Labute approximate surface area is 135 Å². The van der Waals surface area contributed by atoms with Crippen molar-refractivity contribution in [1.82, 2.24) is 0 Å². The molecular weight excluding hydrogens is 302 g/mol. The summed E-state index contributed by atoms with van der Waals surface area (Å²) < 4.78 is 0. The molecule has 0 heterocycles. The fraction of sp³-hybridized carbons (Fsp3) is 0.294. The van der Waals surface area contributed by atoms with E-state index in [4.69, 9.17) is 17.3 Å². The van der Waals surface area contributed by atoms with Gasteiger partial charge in [-0.1, -0.05) is 60.1 Å². The molecule has 2 nitrogen and oxygen atoms in total. The summed E-state index contributed by atoms with van der Waals surface area (Å²) in [5.41, 5.74) is 8.31. The first kappa shape index (κ1) is 16.4. The molecule has 0 aliphatic carbocycles. The molecule has 0 bridgehead atoms. The Bertz CT molecular complexity index is 549. The first-order chi connectivity index (χ1) is 10.2. The van der Waals surface area contributed by atoms with Crippen LogP contribution in [0.4, 0.5) is 0 Å². The van der Waals surface area contributed by atoms with Crippen LogP contribution < -0.4 is 5.73 Å². The molecule has 21 heavy (non-hydrogen) atoms. The van der Waals surface area contributed by atoms with Crippen molar-refractivity contribution in [3.05, 3.63) is 70.7 Å². The van der Waals surface area contributed by atoms with Crippen LogP contribution in [0.1, 0.15) is 11.1 Å². The van der Waals surface area contributed by atoms with E-state index in [1.807, 2.05) is 54.6 Å². The zero-order chi connectivity index (χ0) is 15.1. The van der Waals surface area contributed by atoms with Crippen molar-refractivity contribution in [2.75, 3.05) is 5.75 Å². The van der Waals surface area contributed by atoms with Crippen molar-refractivity contribution in [3.63, 3.8) is 0 Å². The number of nitrogens with two attached hydrogens (primary N) is 1. The summed E-state index contributed by atoms with van der Waals surface area (Å²) in [4.78, 5) is 0. The summed E-state index contributed by atoms with van der Waals surface area (Å²) in [7, 11) is 0. The van der Waals surface area contributed by atoms with Gasteiger partial charge in [-0.2, -0.15) is 11.8 Å². The Balaban J connectivity index is 1.76. The molecule has 3 N–H and O–H groups in total. The number of hydrogen-bond acceptors (Lipinski definition) is 3. The number of benzene rings is 2. The lowest BCUT2D eigenvalue weighted by molar-refractivity contribution is 0.167. The minimum absolute atomic E-state index is 0.244. The monoisotopic (exact) mass is 321 g/mol. The zero-order valence-electron chi connectivity index (χ0n) is 11.8.